The minimum atomic E-state index is 0.790. The van der Waals surface area contributed by atoms with E-state index in [1.165, 1.54) is 44.9 Å². The zero-order valence-corrected chi connectivity index (χ0v) is 11.6. The van der Waals surface area contributed by atoms with E-state index in [2.05, 4.69) is 20.8 Å². The lowest BCUT2D eigenvalue weighted by Gasteiger charge is -2.23. The van der Waals surface area contributed by atoms with Crippen LogP contribution in [0.1, 0.15) is 78.6 Å². The fraction of sp³-hybridized carbons (Fsp3) is 1.00. The maximum atomic E-state index is 2.53. The molecule has 2 saturated carbocycles. The van der Waals surface area contributed by atoms with Crippen molar-refractivity contribution < 1.29 is 0 Å². The molecule has 2 aliphatic rings. The van der Waals surface area contributed by atoms with Crippen LogP contribution in [0.25, 0.3) is 0 Å². The van der Waals surface area contributed by atoms with Crippen molar-refractivity contribution in [1.29, 1.82) is 0 Å². The van der Waals surface area contributed by atoms with Crippen LogP contribution in [0.5, 0.6) is 0 Å². The molecule has 0 aromatic carbocycles. The Hall–Kier alpha value is 0. The molecule has 0 N–H and O–H groups in total. The quantitative estimate of drug-likeness (QED) is 0.545. The molecule has 0 nitrogen and oxygen atoms in total. The molecule has 0 aromatic rings. The van der Waals surface area contributed by atoms with Crippen LogP contribution in [0.3, 0.4) is 0 Å². The third-order valence-corrected chi connectivity index (χ3v) is 5.52. The van der Waals surface area contributed by atoms with Crippen LogP contribution in [0.15, 0.2) is 0 Å². The fourth-order valence-corrected chi connectivity index (χ4v) is 3.90. The van der Waals surface area contributed by atoms with Gasteiger partial charge in [0.05, 0.1) is 0 Å². The summed E-state index contributed by atoms with van der Waals surface area (Å²) in [6.45, 7) is 7.36. The van der Waals surface area contributed by atoms with Gasteiger partial charge in [0.25, 0.3) is 0 Å². The fourth-order valence-electron chi connectivity index (χ4n) is 3.90. The Morgan fingerprint density at radius 1 is 1.31 bits per heavy atom. The van der Waals surface area contributed by atoms with E-state index in [4.69, 9.17) is 0 Å². The molecule has 16 heavy (non-hydrogen) atoms. The van der Waals surface area contributed by atoms with E-state index in [0.717, 1.165) is 23.2 Å². The topological polar surface area (TPSA) is 0 Å². The molecule has 94 valence electrons. The van der Waals surface area contributed by atoms with Gasteiger partial charge in [0.1, 0.15) is 0 Å². The van der Waals surface area contributed by atoms with E-state index in [1.54, 1.807) is 12.8 Å². The molecule has 0 amide bonds. The SMILES string of the molecule is CCCCCC(C)C1CCCC2(C)CC2C1. The summed E-state index contributed by atoms with van der Waals surface area (Å²) in [5.41, 5.74) is 0.790. The van der Waals surface area contributed by atoms with Gasteiger partial charge in [-0.25, -0.2) is 0 Å². The van der Waals surface area contributed by atoms with Gasteiger partial charge in [-0.05, 0) is 42.4 Å². The largest absolute Gasteiger partial charge is 0.0654 e. The minimum Gasteiger partial charge on any atom is -0.0654 e. The third kappa shape index (κ3) is 2.81. The first-order chi connectivity index (χ1) is 7.65. The summed E-state index contributed by atoms with van der Waals surface area (Å²) >= 11 is 0. The molecule has 2 aliphatic carbocycles. The first-order valence-corrected chi connectivity index (χ1v) is 7.65. The highest BCUT2D eigenvalue weighted by Gasteiger charge is 2.51. The van der Waals surface area contributed by atoms with Gasteiger partial charge in [-0.3, -0.25) is 0 Å². The standard InChI is InChI=1S/C16H30/c1-4-5-6-8-13(2)14-9-7-10-16(3)12-15(16)11-14/h13-15H,4-12H2,1-3H3. The number of fused-ring (bicyclic) bond motifs is 1. The molecule has 0 aromatic heterocycles. The second-order valence-electron chi connectivity index (χ2n) is 6.92. The lowest BCUT2D eigenvalue weighted by Crippen LogP contribution is -2.12. The van der Waals surface area contributed by atoms with Crippen molar-refractivity contribution in [1.82, 2.24) is 0 Å². The van der Waals surface area contributed by atoms with E-state index < -0.39 is 0 Å². The van der Waals surface area contributed by atoms with Crippen molar-refractivity contribution >= 4 is 0 Å². The minimum absolute atomic E-state index is 0.790. The monoisotopic (exact) mass is 222 g/mol. The van der Waals surface area contributed by atoms with Gasteiger partial charge in [-0.2, -0.15) is 0 Å². The Kier molecular flexibility index (Phi) is 3.97. The van der Waals surface area contributed by atoms with Crippen LogP contribution in [0.4, 0.5) is 0 Å². The normalized spacial score (nSPS) is 39.9. The molecule has 0 bridgehead atoms. The first-order valence-electron chi connectivity index (χ1n) is 7.65. The molecule has 2 rings (SSSR count). The van der Waals surface area contributed by atoms with E-state index in [1.807, 2.05) is 0 Å². The Labute approximate surface area is 102 Å². The first kappa shape index (κ1) is 12.5. The smallest absolute Gasteiger partial charge is 0.0294 e. The molecular formula is C16H30. The number of unbranched alkanes of at least 4 members (excludes halogenated alkanes) is 2. The van der Waals surface area contributed by atoms with Crippen molar-refractivity contribution in [2.24, 2.45) is 23.2 Å². The average Bonchev–Trinajstić information content (AvgIpc) is 2.89. The van der Waals surface area contributed by atoms with E-state index in [9.17, 15) is 0 Å². The van der Waals surface area contributed by atoms with Gasteiger partial charge in [-0.15, -0.1) is 0 Å². The van der Waals surface area contributed by atoms with Crippen molar-refractivity contribution in [2.75, 3.05) is 0 Å². The zero-order chi connectivity index (χ0) is 11.6. The van der Waals surface area contributed by atoms with E-state index in [0.29, 0.717) is 0 Å². The molecule has 0 saturated heterocycles. The van der Waals surface area contributed by atoms with Crippen LogP contribution in [0, 0.1) is 23.2 Å². The Balaban J connectivity index is 1.76. The average molecular weight is 222 g/mol. The molecule has 4 unspecified atom stereocenters. The molecule has 0 heterocycles. The Morgan fingerprint density at radius 2 is 2.12 bits per heavy atom. The van der Waals surface area contributed by atoms with Gasteiger partial charge in [-0.1, -0.05) is 59.3 Å². The molecular weight excluding hydrogens is 192 g/mol. The van der Waals surface area contributed by atoms with Gasteiger partial charge in [0, 0.05) is 0 Å². The van der Waals surface area contributed by atoms with Crippen LogP contribution in [-0.4, -0.2) is 0 Å². The highest BCUT2D eigenvalue weighted by Crippen LogP contribution is 2.61. The number of rotatable bonds is 5. The second-order valence-corrected chi connectivity index (χ2v) is 6.92. The highest BCUT2D eigenvalue weighted by atomic mass is 14.6. The van der Waals surface area contributed by atoms with Crippen molar-refractivity contribution in [3.8, 4) is 0 Å². The molecule has 0 radical (unpaired) electrons. The summed E-state index contributed by atoms with van der Waals surface area (Å²) in [5.74, 6) is 3.16. The lowest BCUT2D eigenvalue weighted by molar-refractivity contribution is 0.284. The molecule has 2 fully saturated rings. The van der Waals surface area contributed by atoms with Gasteiger partial charge < -0.3 is 0 Å². The van der Waals surface area contributed by atoms with Crippen LogP contribution >= 0.6 is 0 Å². The summed E-state index contributed by atoms with van der Waals surface area (Å²) in [6, 6.07) is 0. The highest BCUT2D eigenvalue weighted by molar-refractivity contribution is 5.01. The maximum absolute atomic E-state index is 2.53. The van der Waals surface area contributed by atoms with E-state index in [-0.39, 0.29) is 0 Å². The van der Waals surface area contributed by atoms with Crippen molar-refractivity contribution in [2.45, 2.75) is 78.6 Å². The van der Waals surface area contributed by atoms with Gasteiger partial charge in [0.15, 0.2) is 0 Å². The third-order valence-electron chi connectivity index (χ3n) is 5.52. The van der Waals surface area contributed by atoms with Crippen LogP contribution in [-0.2, 0) is 0 Å². The van der Waals surface area contributed by atoms with Gasteiger partial charge in [0.2, 0.25) is 0 Å². The maximum Gasteiger partial charge on any atom is -0.0294 e. The van der Waals surface area contributed by atoms with Crippen LogP contribution < -0.4 is 0 Å². The summed E-state index contributed by atoms with van der Waals surface area (Å²) in [4.78, 5) is 0. The van der Waals surface area contributed by atoms with Crippen molar-refractivity contribution in [3.63, 3.8) is 0 Å². The summed E-state index contributed by atoms with van der Waals surface area (Å²) in [6.07, 6.45) is 13.4. The molecule has 0 spiro atoms. The molecule has 4 atom stereocenters. The predicted octanol–water partition coefficient (Wildman–Crippen LogP) is 5.42. The predicted molar refractivity (Wildman–Crippen MR) is 71.5 cm³/mol. The zero-order valence-electron chi connectivity index (χ0n) is 11.6. The summed E-state index contributed by atoms with van der Waals surface area (Å²) in [5, 5.41) is 0. The number of hydrogen-bond acceptors (Lipinski definition) is 0. The Bertz CT molecular complexity index is 220. The molecule has 0 aliphatic heterocycles. The second kappa shape index (κ2) is 5.10. The lowest BCUT2D eigenvalue weighted by atomic mass is 9.83. The van der Waals surface area contributed by atoms with Gasteiger partial charge >= 0.3 is 0 Å². The summed E-state index contributed by atoms with van der Waals surface area (Å²) in [7, 11) is 0. The van der Waals surface area contributed by atoms with Crippen LogP contribution in [0.2, 0.25) is 0 Å². The number of hydrogen-bond donors (Lipinski definition) is 0. The Morgan fingerprint density at radius 3 is 2.88 bits per heavy atom. The summed E-state index contributed by atoms with van der Waals surface area (Å²) < 4.78 is 0. The molecule has 0 heteroatoms. The van der Waals surface area contributed by atoms with E-state index >= 15 is 0 Å². The van der Waals surface area contributed by atoms with Crippen molar-refractivity contribution in [3.05, 3.63) is 0 Å².